The number of aliphatic hydroxyl groups is 1. The Hall–Kier alpha value is -2.06. The first kappa shape index (κ1) is 57.9. The number of rotatable bonds is 43. The van der Waals surface area contributed by atoms with E-state index in [9.17, 15) is 19.4 Å². The molecular weight excluding hydrogens is 768 g/mol. The molecule has 60 heavy (non-hydrogen) atoms. The first-order valence-electron chi connectivity index (χ1n) is 24.3. The Morgan fingerprint density at radius 2 is 1.02 bits per heavy atom. The Bertz CT molecular complexity index is 1200. The molecule has 9 heteroatoms. The third kappa shape index (κ3) is 44.0. The van der Waals surface area contributed by atoms with Crippen LogP contribution in [0.3, 0.4) is 0 Å². The maximum atomic E-state index is 12.9. The van der Waals surface area contributed by atoms with Crippen LogP contribution < -0.4 is 10.2 Å². The van der Waals surface area contributed by atoms with Crippen LogP contribution in [0.4, 0.5) is 0 Å². The van der Waals surface area contributed by atoms with Crippen molar-refractivity contribution in [2.45, 2.75) is 206 Å². The molecule has 0 rings (SSSR count). The van der Waals surface area contributed by atoms with Crippen LogP contribution >= 0.6 is 7.82 Å². The highest BCUT2D eigenvalue weighted by molar-refractivity contribution is 7.45. The smallest absolute Gasteiger partial charge is 0.268 e. The summed E-state index contributed by atoms with van der Waals surface area (Å²) in [7, 11) is 1.29. The van der Waals surface area contributed by atoms with E-state index in [-0.39, 0.29) is 19.1 Å². The molecule has 0 spiro atoms. The fourth-order valence-electron chi connectivity index (χ4n) is 6.63. The predicted octanol–water partition coefficient (Wildman–Crippen LogP) is 13.3. The van der Waals surface area contributed by atoms with E-state index in [0.29, 0.717) is 23.9 Å². The van der Waals surface area contributed by atoms with E-state index in [1.54, 1.807) is 0 Å². The van der Waals surface area contributed by atoms with Gasteiger partial charge in [-0.15, -0.1) is 0 Å². The topological polar surface area (TPSA) is 108 Å². The van der Waals surface area contributed by atoms with Gasteiger partial charge >= 0.3 is 0 Å². The van der Waals surface area contributed by atoms with Gasteiger partial charge in [-0.1, -0.05) is 196 Å². The fraction of sp³-hybridized carbons (Fsp3) is 0.745. The van der Waals surface area contributed by atoms with Crippen molar-refractivity contribution in [2.75, 3.05) is 40.9 Å². The summed E-state index contributed by atoms with van der Waals surface area (Å²) in [6.45, 7) is 4.57. The number of nitrogens with one attached hydrogen (secondary N) is 1. The maximum Gasteiger partial charge on any atom is 0.268 e. The zero-order valence-corrected chi connectivity index (χ0v) is 40.3. The number of quaternary nitrogens is 1. The number of likely N-dealkylation sites (N-methyl/N-ethyl adjacent to an activating group) is 1. The van der Waals surface area contributed by atoms with Gasteiger partial charge < -0.3 is 28.8 Å². The molecule has 348 valence electrons. The molecule has 1 amide bonds. The monoisotopic (exact) mass is 861 g/mol. The number of hydrogen-bond donors (Lipinski definition) is 2. The molecular formula is C51H93N2O6P. The average molecular weight is 861 g/mol. The molecule has 0 aromatic carbocycles. The lowest BCUT2D eigenvalue weighted by atomic mass is 10.0. The van der Waals surface area contributed by atoms with Crippen LogP contribution in [0.15, 0.2) is 72.9 Å². The van der Waals surface area contributed by atoms with Crippen LogP contribution in [0.1, 0.15) is 194 Å². The highest BCUT2D eigenvalue weighted by atomic mass is 31.2. The lowest BCUT2D eigenvalue weighted by Gasteiger charge is -2.30. The van der Waals surface area contributed by atoms with Crippen molar-refractivity contribution in [1.82, 2.24) is 5.32 Å². The molecule has 0 aliphatic rings. The van der Waals surface area contributed by atoms with E-state index in [1.807, 2.05) is 21.1 Å². The lowest BCUT2D eigenvalue weighted by molar-refractivity contribution is -0.870. The minimum atomic E-state index is -4.57. The molecule has 0 saturated heterocycles. The van der Waals surface area contributed by atoms with E-state index >= 15 is 0 Å². The van der Waals surface area contributed by atoms with E-state index in [1.165, 1.54) is 83.5 Å². The number of carbonyl (C=O) groups is 1. The van der Waals surface area contributed by atoms with Gasteiger partial charge in [0.05, 0.1) is 39.9 Å². The Balaban J connectivity index is 4.22. The summed E-state index contributed by atoms with van der Waals surface area (Å²) in [5, 5.41) is 13.9. The summed E-state index contributed by atoms with van der Waals surface area (Å²) in [5.74, 6) is -0.178. The van der Waals surface area contributed by atoms with Gasteiger partial charge in [0.1, 0.15) is 13.2 Å². The first-order valence-corrected chi connectivity index (χ1v) is 25.7. The number of phosphoric ester groups is 1. The van der Waals surface area contributed by atoms with Gasteiger partial charge in [-0.3, -0.25) is 9.36 Å². The molecule has 0 aromatic rings. The molecule has 2 N–H and O–H groups in total. The van der Waals surface area contributed by atoms with Gasteiger partial charge in [0.15, 0.2) is 0 Å². The van der Waals surface area contributed by atoms with E-state index in [2.05, 4.69) is 92.1 Å². The van der Waals surface area contributed by atoms with Crippen molar-refractivity contribution in [3.05, 3.63) is 72.9 Å². The average Bonchev–Trinajstić information content (AvgIpc) is 3.20. The molecule has 0 fully saturated rings. The largest absolute Gasteiger partial charge is 0.756 e. The van der Waals surface area contributed by atoms with E-state index in [0.717, 1.165) is 83.5 Å². The van der Waals surface area contributed by atoms with Crippen LogP contribution in [0.5, 0.6) is 0 Å². The molecule has 0 aliphatic heterocycles. The molecule has 0 aliphatic carbocycles. The molecule has 3 unspecified atom stereocenters. The minimum absolute atomic E-state index is 0.00687. The SMILES string of the molecule is CC/C=C\C/C=C\C/C=C\C/C=C\C/C=C\C/C=C\CCCCCCCCCCC(=O)NC(COP(=O)([O-])OCC[N+](C)(C)C)C(O)CCCCCCCCCCCCC. The van der Waals surface area contributed by atoms with Crippen LogP contribution in [-0.2, 0) is 18.4 Å². The number of allylic oxidation sites excluding steroid dienone is 12. The Morgan fingerprint density at radius 1 is 0.600 bits per heavy atom. The number of amides is 1. The zero-order chi connectivity index (χ0) is 44.3. The van der Waals surface area contributed by atoms with Crippen LogP contribution in [0.25, 0.3) is 0 Å². The van der Waals surface area contributed by atoms with Crippen molar-refractivity contribution < 1.29 is 32.9 Å². The van der Waals surface area contributed by atoms with Crippen LogP contribution in [0.2, 0.25) is 0 Å². The molecule has 8 nitrogen and oxygen atoms in total. The first-order chi connectivity index (χ1) is 29.0. The number of aliphatic hydroxyl groups excluding tert-OH is 1. The van der Waals surface area contributed by atoms with Crippen LogP contribution in [-0.4, -0.2) is 68.5 Å². The lowest BCUT2D eigenvalue weighted by Crippen LogP contribution is -2.46. The van der Waals surface area contributed by atoms with Crippen molar-refractivity contribution in [3.8, 4) is 0 Å². The summed E-state index contributed by atoms with van der Waals surface area (Å²) in [5.41, 5.74) is 0. The summed E-state index contributed by atoms with van der Waals surface area (Å²) in [6, 6.07) is -0.808. The standard InChI is InChI=1S/C51H93N2O6P/c1-6-8-10-12-14-16-18-19-20-21-22-23-24-25-26-27-28-29-30-31-32-33-35-37-39-41-43-45-51(55)52-49(48-59-60(56,57)58-47-46-53(3,4)5)50(54)44-42-40-38-36-34-17-15-13-11-9-7-2/h8,10,14,16,19-20,22-23,25-26,28-29,49-50,54H,6-7,9,11-13,15,17-18,21,24,27,30-48H2,1-5H3,(H-,52,55,56,57)/b10-8-,16-14-,20-19-,23-22-,26-25-,29-28-. The van der Waals surface area contributed by atoms with Crippen molar-refractivity contribution >= 4 is 13.7 Å². The van der Waals surface area contributed by atoms with Gasteiger partial charge in [0.25, 0.3) is 7.82 Å². The second-order valence-corrected chi connectivity index (χ2v) is 18.8. The minimum Gasteiger partial charge on any atom is -0.756 e. The molecule has 3 atom stereocenters. The van der Waals surface area contributed by atoms with E-state index in [4.69, 9.17) is 9.05 Å². The Kier molecular flexibility index (Phi) is 40.8. The highest BCUT2D eigenvalue weighted by Gasteiger charge is 2.24. The molecule has 0 heterocycles. The second-order valence-electron chi connectivity index (χ2n) is 17.4. The van der Waals surface area contributed by atoms with Crippen molar-refractivity contribution in [2.24, 2.45) is 0 Å². The molecule has 0 saturated carbocycles. The third-order valence-electron chi connectivity index (χ3n) is 10.5. The number of carbonyl (C=O) groups excluding carboxylic acids is 1. The summed E-state index contributed by atoms with van der Waals surface area (Å²) >= 11 is 0. The van der Waals surface area contributed by atoms with Gasteiger partial charge in [-0.2, -0.15) is 0 Å². The zero-order valence-electron chi connectivity index (χ0n) is 39.4. The summed E-state index contributed by atoms with van der Waals surface area (Å²) < 4.78 is 23.3. The number of hydrogen-bond acceptors (Lipinski definition) is 6. The quantitative estimate of drug-likeness (QED) is 0.0274. The van der Waals surface area contributed by atoms with Gasteiger partial charge in [0.2, 0.25) is 5.91 Å². The maximum absolute atomic E-state index is 12.9. The summed E-state index contributed by atoms with van der Waals surface area (Å²) in [6.07, 6.45) is 56.3. The van der Waals surface area contributed by atoms with Crippen molar-refractivity contribution in [1.29, 1.82) is 0 Å². The molecule has 0 aromatic heterocycles. The van der Waals surface area contributed by atoms with Gasteiger partial charge in [0, 0.05) is 6.42 Å². The predicted molar refractivity (Wildman–Crippen MR) is 256 cm³/mol. The fourth-order valence-corrected chi connectivity index (χ4v) is 7.35. The Morgan fingerprint density at radius 3 is 1.48 bits per heavy atom. The van der Waals surface area contributed by atoms with Gasteiger partial charge in [-0.25, -0.2) is 0 Å². The number of phosphoric acid groups is 1. The molecule has 0 radical (unpaired) electrons. The third-order valence-corrected chi connectivity index (χ3v) is 11.4. The van der Waals surface area contributed by atoms with Crippen molar-refractivity contribution in [3.63, 3.8) is 0 Å². The van der Waals surface area contributed by atoms with Gasteiger partial charge in [-0.05, 0) is 64.2 Å². The van der Waals surface area contributed by atoms with E-state index < -0.39 is 20.0 Å². The van der Waals surface area contributed by atoms with Crippen LogP contribution in [0, 0.1) is 0 Å². The second kappa shape index (κ2) is 42.3. The number of unbranched alkanes of at least 4 members (excludes halogenated alkanes) is 18. The molecule has 0 bridgehead atoms. The normalized spacial score (nSPS) is 14.8. The number of nitrogens with zero attached hydrogens (tertiary/aromatic N) is 1. The Labute approximate surface area is 370 Å². The highest BCUT2D eigenvalue weighted by Crippen LogP contribution is 2.38. The summed E-state index contributed by atoms with van der Waals surface area (Å²) in [4.78, 5) is 25.4.